The van der Waals surface area contributed by atoms with Crippen molar-refractivity contribution in [3.63, 3.8) is 0 Å². The molecular formula is C19H22N4O3S. The average Bonchev–Trinajstić information content (AvgIpc) is 3.08. The van der Waals surface area contributed by atoms with Gasteiger partial charge in [0.15, 0.2) is 0 Å². The summed E-state index contributed by atoms with van der Waals surface area (Å²) in [6.45, 7) is 2.15. The van der Waals surface area contributed by atoms with Gasteiger partial charge in [-0.15, -0.1) is 0 Å². The van der Waals surface area contributed by atoms with Crippen LogP contribution in [-0.4, -0.2) is 36.7 Å². The Hall–Kier alpha value is -2.84. The minimum atomic E-state index is -3.69. The van der Waals surface area contributed by atoms with Gasteiger partial charge in [0.25, 0.3) is 0 Å². The number of nitrogen functional groups attached to an aromatic ring is 1. The molecule has 2 N–H and O–H groups in total. The van der Waals surface area contributed by atoms with Crippen LogP contribution in [0.1, 0.15) is 11.1 Å². The highest BCUT2D eigenvalue weighted by atomic mass is 32.2. The van der Waals surface area contributed by atoms with Gasteiger partial charge in [-0.05, 0) is 48.4 Å². The molecular weight excluding hydrogens is 364 g/mol. The van der Waals surface area contributed by atoms with Gasteiger partial charge < -0.3 is 10.5 Å². The zero-order valence-corrected chi connectivity index (χ0v) is 16.3. The molecule has 8 heteroatoms. The maximum absolute atomic E-state index is 13.0. The fourth-order valence-electron chi connectivity index (χ4n) is 2.68. The summed E-state index contributed by atoms with van der Waals surface area (Å²) in [7, 11) is -0.550. The molecule has 0 aliphatic rings. The van der Waals surface area contributed by atoms with Crippen LogP contribution in [0.2, 0.25) is 0 Å². The molecule has 0 unspecified atom stereocenters. The fourth-order valence-corrected chi connectivity index (χ4v) is 3.86. The summed E-state index contributed by atoms with van der Waals surface area (Å²) in [5.41, 5.74) is 8.82. The molecule has 0 atom stereocenters. The van der Waals surface area contributed by atoms with Gasteiger partial charge in [0.1, 0.15) is 5.75 Å². The molecule has 0 bridgehead atoms. The quantitative estimate of drug-likeness (QED) is 0.658. The second kappa shape index (κ2) is 7.42. The van der Waals surface area contributed by atoms with E-state index in [4.69, 9.17) is 10.5 Å². The first-order chi connectivity index (χ1) is 12.8. The van der Waals surface area contributed by atoms with Crippen LogP contribution in [0.25, 0.3) is 5.69 Å². The van der Waals surface area contributed by atoms with Gasteiger partial charge in [-0.1, -0.05) is 12.1 Å². The molecule has 0 aliphatic carbocycles. The number of hydrogen-bond acceptors (Lipinski definition) is 5. The Morgan fingerprint density at radius 1 is 1.19 bits per heavy atom. The van der Waals surface area contributed by atoms with Crippen molar-refractivity contribution < 1.29 is 13.2 Å². The number of methoxy groups -OCH3 is 1. The van der Waals surface area contributed by atoms with Gasteiger partial charge >= 0.3 is 0 Å². The fraction of sp³-hybridized carbons (Fsp3) is 0.211. The van der Waals surface area contributed by atoms with Crippen molar-refractivity contribution in [3.8, 4) is 11.4 Å². The van der Waals surface area contributed by atoms with Crippen LogP contribution in [0.4, 0.5) is 5.69 Å². The Kier molecular flexibility index (Phi) is 5.20. The van der Waals surface area contributed by atoms with E-state index >= 15 is 0 Å². The molecule has 1 aromatic heterocycles. The molecule has 1 heterocycles. The molecule has 2 aromatic carbocycles. The third-order valence-corrected chi connectivity index (χ3v) is 6.03. The van der Waals surface area contributed by atoms with Gasteiger partial charge in [-0.2, -0.15) is 9.40 Å². The lowest BCUT2D eigenvalue weighted by Gasteiger charge is -2.18. The number of aryl methyl sites for hydroxylation is 1. The SMILES string of the molecule is COc1ccc(CN(C)S(=O)(=O)c2ccc(N)c(-n3cc(C)cn3)c2)cc1. The highest BCUT2D eigenvalue weighted by molar-refractivity contribution is 7.89. The number of rotatable bonds is 6. The van der Waals surface area contributed by atoms with E-state index < -0.39 is 10.0 Å². The van der Waals surface area contributed by atoms with E-state index in [1.807, 2.05) is 19.1 Å². The number of nitrogens with zero attached hydrogens (tertiary/aromatic N) is 3. The Morgan fingerprint density at radius 3 is 2.48 bits per heavy atom. The van der Waals surface area contributed by atoms with Crippen LogP contribution in [0.15, 0.2) is 59.8 Å². The highest BCUT2D eigenvalue weighted by Crippen LogP contribution is 2.24. The average molecular weight is 386 g/mol. The number of sulfonamides is 1. The summed E-state index contributed by atoms with van der Waals surface area (Å²) in [4.78, 5) is 0.163. The zero-order valence-electron chi connectivity index (χ0n) is 15.5. The van der Waals surface area contributed by atoms with Crippen molar-refractivity contribution in [1.29, 1.82) is 0 Å². The summed E-state index contributed by atoms with van der Waals surface area (Å²) in [6.07, 6.45) is 3.49. The third-order valence-electron chi connectivity index (χ3n) is 4.23. The maximum Gasteiger partial charge on any atom is 0.243 e. The summed E-state index contributed by atoms with van der Waals surface area (Å²) < 4.78 is 34.0. The van der Waals surface area contributed by atoms with E-state index in [0.29, 0.717) is 11.4 Å². The molecule has 3 rings (SSSR count). The van der Waals surface area contributed by atoms with E-state index in [1.54, 1.807) is 55.5 Å². The molecule has 0 saturated carbocycles. The minimum Gasteiger partial charge on any atom is -0.497 e. The molecule has 142 valence electrons. The highest BCUT2D eigenvalue weighted by Gasteiger charge is 2.22. The maximum atomic E-state index is 13.0. The Labute approximate surface area is 159 Å². The van der Waals surface area contributed by atoms with E-state index in [0.717, 1.165) is 16.9 Å². The van der Waals surface area contributed by atoms with E-state index in [2.05, 4.69) is 5.10 Å². The predicted molar refractivity (Wildman–Crippen MR) is 104 cm³/mol. The number of anilines is 1. The van der Waals surface area contributed by atoms with Gasteiger partial charge in [0.2, 0.25) is 10.0 Å². The number of hydrogen-bond donors (Lipinski definition) is 1. The molecule has 0 amide bonds. The smallest absolute Gasteiger partial charge is 0.243 e. The Morgan fingerprint density at radius 2 is 1.89 bits per heavy atom. The molecule has 27 heavy (non-hydrogen) atoms. The Bertz CT molecular complexity index is 1040. The number of aromatic nitrogens is 2. The van der Waals surface area contributed by atoms with E-state index in [-0.39, 0.29) is 11.4 Å². The van der Waals surface area contributed by atoms with Crippen molar-refractivity contribution in [2.75, 3.05) is 19.9 Å². The van der Waals surface area contributed by atoms with Crippen molar-refractivity contribution in [1.82, 2.24) is 14.1 Å². The lowest BCUT2D eigenvalue weighted by atomic mass is 10.2. The minimum absolute atomic E-state index is 0.163. The molecule has 0 fully saturated rings. The Balaban J connectivity index is 1.89. The summed E-state index contributed by atoms with van der Waals surface area (Å²) >= 11 is 0. The largest absolute Gasteiger partial charge is 0.497 e. The molecule has 0 spiro atoms. The summed E-state index contributed by atoms with van der Waals surface area (Å²) in [6, 6.07) is 11.9. The molecule has 3 aromatic rings. The standard InChI is InChI=1S/C19H22N4O3S/c1-14-11-21-23(12-14)19-10-17(8-9-18(19)20)27(24,25)22(2)13-15-4-6-16(26-3)7-5-15/h4-12H,13,20H2,1-3H3. The number of ether oxygens (including phenoxy) is 1. The first-order valence-electron chi connectivity index (χ1n) is 8.31. The second-order valence-electron chi connectivity index (χ2n) is 6.29. The van der Waals surface area contributed by atoms with Crippen molar-refractivity contribution >= 4 is 15.7 Å². The monoisotopic (exact) mass is 386 g/mol. The predicted octanol–water partition coefficient (Wildman–Crippen LogP) is 2.59. The van der Waals surface area contributed by atoms with Crippen LogP contribution in [0.5, 0.6) is 5.75 Å². The zero-order chi connectivity index (χ0) is 19.6. The third kappa shape index (κ3) is 3.96. The van der Waals surface area contributed by atoms with Crippen molar-refractivity contribution in [2.24, 2.45) is 0 Å². The number of benzene rings is 2. The molecule has 0 aliphatic heterocycles. The van der Waals surface area contributed by atoms with Gasteiger partial charge in [0.05, 0.1) is 29.6 Å². The first-order valence-corrected chi connectivity index (χ1v) is 9.75. The normalized spacial score (nSPS) is 11.7. The van der Waals surface area contributed by atoms with Crippen LogP contribution >= 0.6 is 0 Å². The van der Waals surface area contributed by atoms with Gasteiger partial charge in [0, 0.05) is 19.8 Å². The van der Waals surface area contributed by atoms with Crippen LogP contribution in [0, 0.1) is 6.92 Å². The van der Waals surface area contributed by atoms with Crippen molar-refractivity contribution in [3.05, 3.63) is 66.0 Å². The van der Waals surface area contributed by atoms with E-state index in [1.165, 1.54) is 10.4 Å². The summed E-state index contributed by atoms with van der Waals surface area (Å²) in [5, 5.41) is 4.22. The van der Waals surface area contributed by atoms with Gasteiger partial charge in [-0.25, -0.2) is 13.1 Å². The van der Waals surface area contributed by atoms with Gasteiger partial charge in [-0.3, -0.25) is 0 Å². The first kappa shape index (κ1) is 18.9. The van der Waals surface area contributed by atoms with Crippen LogP contribution in [-0.2, 0) is 16.6 Å². The summed E-state index contributed by atoms with van der Waals surface area (Å²) in [5.74, 6) is 0.724. The van der Waals surface area contributed by atoms with Crippen molar-refractivity contribution in [2.45, 2.75) is 18.4 Å². The molecule has 7 nitrogen and oxygen atoms in total. The lowest BCUT2D eigenvalue weighted by molar-refractivity contribution is 0.414. The molecule has 0 radical (unpaired) electrons. The number of nitrogens with two attached hydrogens (primary N) is 1. The molecule has 0 saturated heterocycles. The topological polar surface area (TPSA) is 90.5 Å². The second-order valence-corrected chi connectivity index (χ2v) is 8.34. The van der Waals surface area contributed by atoms with Crippen LogP contribution < -0.4 is 10.5 Å². The lowest BCUT2D eigenvalue weighted by Crippen LogP contribution is -2.26. The van der Waals surface area contributed by atoms with E-state index in [9.17, 15) is 8.42 Å². The van der Waals surface area contributed by atoms with Crippen LogP contribution in [0.3, 0.4) is 0 Å².